The first-order valence-corrected chi connectivity index (χ1v) is 5.90. The van der Waals surface area contributed by atoms with Crippen molar-refractivity contribution in [2.45, 2.75) is 13.0 Å². The summed E-state index contributed by atoms with van der Waals surface area (Å²) in [6, 6.07) is 7.82. The summed E-state index contributed by atoms with van der Waals surface area (Å²) in [5, 5.41) is 12.8. The molecule has 0 bridgehead atoms. The van der Waals surface area contributed by atoms with Crippen molar-refractivity contribution in [1.82, 2.24) is 9.78 Å². The Morgan fingerprint density at radius 3 is 2.68 bits per heavy atom. The number of nitrogens with zero attached hydrogens (tertiary/aromatic N) is 3. The molecule has 98 valence electrons. The van der Waals surface area contributed by atoms with Gasteiger partial charge in [-0.15, -0.1) is 0 Å². The Bertz CT molecular complexity index is 599. The number of aromatic nitrogens is 2. The predicted molar refractivity (Wildman–Crippen MR) is 71.0 cm³/mol. The average molecular weight is 257 g/mol. The van der Waals surface area contributed by atoms with Crippen molar-refractivity contribution in [3.63, 3.8) is 0 Å². The molecule has 0 aliphatic rings. The lowest BCUT2D eigenvalue weighted by molar-refractivity contribution is 0.355. The highest BCUT2D eigenvalue weighted by Gasteiger charge is 2.07. The molecule has 0 amide bonds. The predicted octanol–water partition coefficient (Wildman–Crippen LogP) is 2.48. The number of ether oxygens (including phenoxy) is 2. The van der Waals surface area contributed by atoms with Gasteiger partial charge in [-0.2, -0.15) is 10.4 Å². The van der Waals surface area contributed by atoms with Crippen LogP contribution in [0.15, 0.2) is 30.6 Å². The molecule has 0 unspecified atom stereocenters. The SMILES string of the molecule is COc1ccc(-c2cnn(CCC#N)c2)cc1OC. The van der Waals surface area contributed by atoms with Crippen LogP contribution < -0.4 is 9.47 Å². The fourth-order valence-electron chi connectivity index (χ4n) is 1.82. The minimum atomic E-state index is 0.451. The number of aryl methyl sites for hydroxylation is 1. The van der Waals surface area contributed by atoms with Crippen molar-refractivity contribution < 1.29 is 9.47 Å². The van der Waals surface area contributed by atoms with Crippen LogP contribution in [0.2, 0.25) is 0 Å². The third-order valence-corrected chi connectivity index (χ3v) is 2.80. The van der Waals surface area contributed by atoms with E-state index in [9.17, 15) is 0 Å². The molecule has 1 heterocycles. The van der Waals surface area contributed by atoms with E-state index >= 15 is 0 Å². The van der Waals surface area contributed by atoms with E-state index in [-0.39, 0.29) is 0 Å². The Kier molecular flexibility index (Phi) is 4.04. The molecule has 0 atom stereocenters. The van der Waals surface area contributed by atoms with Crippen LogP contribution in [0.25, 0.3) is 11.1 Å². The Hall–Kier alpha value is -2.48. The fraction of sp³-hybridized carbons (Fsp3) is 0.286. The first kappa shape index (κ1) is 13.0. The van der Waals surface area contributed by atoms with E-state index < -0.39 is 0 Å². The van der Waals surface area contributed by atoms with Crippen molar-refractivity contribution in [3.8, 4) is 28.7 Å². The summed E-state index contributed by atoms with van der Waals surface area (Å²) in [4.78, 5) is 0. The van der Waals surface area contributed by atoms with E-state index in [1.54, 1.807) is 25.1 Å². The van der Waals surface area contributed by atoms with Crippen LogP contribution >= 0.6 is 0 Å². The second-order valence-corrected chi connectivity index (χ2v) is 3.97. The summed E-state index contributed by atoms with van der Waals surface area (Å²) in [5.41, 5.74) is 1.99. The maximum Gasteiger partial charge on any atom is 0.161 e. The third-order valence-electron chi connectivity index (χ3n) is 2.80. The summed E-state index contributed by atoms with van der Waals surface area (Å²) in [5.74, 6) is 1.38. The van der Waals surface area contributed by atoms with Gasteiger partial charge in [-0.25, -0.2) is 0 Å². The van der Waals surface area contributed by atoms with Gasteiger partial charge >= 0.3 is 0 Å². The van der Waals surface area contributed by atoms with E-state index in [2.05, 4.69) is 11.2 Å². The highest BCUT2D eigenvalue weighted by atomic mass is 16.5. The number of rotatable bonds is 5. The summed E-state index contributed by atoms with van der Waals surface area (Å²) in [6.07, 6.45) is 4.14. The number of hydrogen-bond donors (Lipinski definition) is 0. The van der Waals surface area contributed by atoms with Gasteiger partial charge in [0.05, 0.1) is 39.5 Å². The lowest BCUT2D eigenvalue weighted by atomic mass is 10.1. The summed E-state index contributed by atoms with van der Waals surface area (Å²) < 4.78 is 12.2. The molecule has 0 aliphatic carbocycles. The molecule has 0 fully saturated rings. The fourth-order valence-corrected chi connectivity index (χ4v) is 1.82. The molecule has 0 spiro atoms. The summed E-state index contributed by atoms with van der Waals surface area (Å²) in [6.45, 7) is 0.601. The topological polar surface area (TPSA) is 60.1 Å². The second-order valence-electron chi connectivity index (χ2n) is 3.97. The minimum absolute atomic E-state index is 0.451. The first-order chi connectivity index (χ1) is 9.28. The summed E-state index contributed by atoms with van der Waals surface area (Å²) in [7, 11) is 3.22. The first-order valence-electron chi connectivity index (χ1n) is 5.90. The van der Waals surface area contributed by atoms with Crippen LogP contribution in [0.3, 0.4) is 0 Å². The molecule has 0 saturated carbocycles. The van der Waals surface area contributed by atoms with Crippen molar-refractivity contribution in [3.05, 3.63) is 30.6 Å². The standard InChI is InChI=1S/C14H15N3O2/c1-18-13-5-4-11(8-14(13)19-2)12-9-16-17(10-12)7-3-6-15/h4-5,8-10H,3,7H2,1-2H3. The van der Waals surface area contributed by atoms with Crippen molar-refractivity contribution in [2.24, 2.45) is 0 Å². The number of hydrogen-bond acceptors (Lipinski definition) is 4. The van der Waals surface area contributed by atoms with Crippen LogP contribution in [-0.2, 0) is 6.54 Å². The van der Waals surface area contributed by atoms with Crippen LogP contribution in [-0.4, -0.2) is 24.0 Å². The van der Waals surface area contributed by atoms with Gasteiger partial charge < -0.3 is 9.47 Å². The lowest BCUT2D eigenvalue weighted by Crippen LogP contribution is -1.96. The minimum Gasteiger partial charge on any atom is -0.493 e. The van der Waals surface area contributed by atoms with Gasteiger partial charge in [0.25, 0.3) is 0 Å². The van der Waals surface area contributed by atoms with Crippen LogP contribution in [0.5, 0.6) is 11.5 Å². The zero-order valence-corrected chi connectivity index (χ0v) is 11.0. The quantitative estimate of drug-likeness (QED) is 0.825. The molecule has 0 saturated heterocycles. The Balaban J connectivity index is 2.26. The van der Waals surface area contributed by atoms with E-state index in [0.717, 1.165) is 11.1 Å². The Labute approximate surface area is 112 Å². The molecule has 0 aliphatic heterocycles. The van der Waals surface area contributed by atoms with Gasteiger partial charge in [0.1, 0.15) is 0 Å². The molecular weight excluding hydrogens is 242 g/mol. The zero-order valence-electron chi connectivity index (χ0n) is 11.0. The van der Waals surface area contributed by atoms with Gasteiger partial charge in [0.15, 0.2) is 11.5 Å². The average Bonchev–Trinajstić information content (AvgIpc) is 2.93. The molecule has 2 rings (SSSR count). The van der Waals surface area contributed by atoms with Crippen molar-refractivity contribution in [1.29, 1.82) is 5.26 Å². The number of methoxy groups -OCH3 is 2. The van der Waals surface area contributed by atoms with Gasteiger partial charge in [0.2, 0.25) is 0 Å². The highest BCUT2D eigenvalue weighted by molar-refractivity contribution is 5.65. The number of nitriles is 1. The molecule has 1 aromatic heterocycles. The van der Waals surface area contributed by atoms with Crippen LogP contribution in [0.1, 0.15) is 6.42 Å². The largest absolute Gasteiger partial charge is 0.493 e. The molecule has 19 heavy (non-hydrogen) atoms. The molecule has 0 radical (unpaired) electrons. The Morgan fingerprint density at radius 1 is 1.21 bits per heavy atom. The zero-order chi connectivity index (χ0) is 13.7. The van der Waals surface area contributed by atoms with Crippen LogP contribution in [0.4, 0.5) is 0 Å². The molecule has 1 aromatic carbocycles. The Morgan fingerprint density at radius 2 is 2.00 bits per heavy atom. The third kappa shape index (κ3) is 2.86. The van der Waals surface area contributed by atoms with E-state index in [4.69, 9.17) is 14.7 Å². The lowest BCUT2D eigenvalue weighted by Gasteiger charge is -2.08. The number of benzene rings is 1. The van der Waals surface area contributed by atoms with E-state index in [1.807, 2.05) is 24.4 Å². The maximum atomic E-state index is 8.56. The van der Waals surface area contributed by atoms with Gasteiger partial charge in [-0.3, -0.25) is 4.68 Å². The van der Waals surface area contributed by atoms with Gasteiger partial charge in [-0.05, 0) is 17.7 Å². The molecule has 0 N–H and O–H groups in total. The molecular formula is C14H15N3O2. The molecule has 5 heteroatoms. The monoisotopic (exact) mass is 257 g/mol. The molecule has 5 nitrogen and oxygen atoms in total. The van der Waals surface area contributed by atoms with E-state index in [1.165, 1.54) is 0 Å². The maximum absolute atomic E-state index is 8.56. The normalized spacial score (nSPS) is 9.95. The van der Waals surface area contributed by atoms with E-state index in [0.29, 0.717) is 24.5 Å². The van der Waals surface area contributed by atoms with Gasteiger partial charge in [0, 0.05) is 11.8 Å². The summed E-state index contributed by atoms with van der Waals surface area (Å²) >= 11 is 0. The van der Waals surface area contributed by atoms with Crippen LogP contribution in [0, 0.1) is 11.3 Å². The smallest absolute Gasteiger partial charge is 0.161 e. The highest BCUT2D eigenvalue weighted by Crippen LogP contribution is 2.31. The molecule has 2 aromatic rings. The van der Waals surface area contributed by atoms with Gasteiger partial charge in [-0.1, -0.05) is 6.07 Å². The second kappa shape index (κ2) is 5.91. The van der Waals surface area contributed by atoms with Crippen molar-refractivity contribution in [2.75, 3.05) is 14.2 Å². The van der Waals surface area contributed by atoms with Crippen molar-refractivity contribution >= 4 is 0 Å².